The number of amides is 1. The maximum absolute atomic E-state index is 15.2. The van der Waals surface area contributed by atoms with E-state index in [1.807, 2.05) is 13.0 Å². The van der Waals surface area contributed by atoms with E-state index in [9.17, 15) is 4.79 Å². The second-order valence-electron chi connectivity index (χ2n) is 8.92. The summed E-state index contributed by atoms with van der Waals surface area (Å²) in [4.78, 5) is 16.9. The van der Waals surface area contributed by atoms with Gasteiger partial charge in [-0.1, -0.05) is 6.92 Å². The molecular weight excluding hydrogens is 508 g/mol. The molecule has 2 rings (SSSR count). The van der Waals surface area contributed by atoms with Gasteiger partial charge in [0.1, 0.15) is 0 Å². The van der Waals surface area contributed by atoms with E-state index in [2.05, 4.69) is 48.5 Å². The van der Waals surface area contributed by atoms with Gasteiger partial charge in [0.25, 0.3) is 0 Å². The molecule has 0 aliphatic rings. The number of nitrogens with zero attached hydrogens (tertiary/aromatic N) is 1. The van der Waals surface area contributed by atoms with Gasteiger partial charge in [-0.25, -0.2) is 0 Å². The van der Waals surface area contributed by atoms with Crippen molar-refractivity contribution in [2.24, 2.45) is 0 Å². The van der Waals surface area contributed by atoms with Crippen LogP contribution in [0.4, 0.5) is 4.39 Å². The summed E-state index contributed by atoms with van der Waals surface area (Å²) in [5.41, 5.74) is 0.726. The first kappa shape index (κ1) is 27.0. The molecule has 1 heterocycles. The van der Waals surface area contributed by atoms with E-state index in [1.165, 1.54) is 61.5 Å². The Bertz CT molecular complexity index is 837. The van der Waals surface area contributed by atoms with Crippen LogP contribution < -0.4 is 14.2 Å². The number of unbranched alkanes of at least 4 members (excludes halogenated alkanes) is 3. The van der Waals surface area contributed by atoms with Gasteiger partial charge < -0.3 is 0 Å². The number of benzene rings is 1. The van der Waals surface area contributed by atoms with Gasteiger partial charge >= 0.3 is 192 Å². The molecule has 0 radical (unpaired) electrons. The molecule has 0 aliphatic carbocycles. The van der Waals surface area contributed by atoms with Crippen LogP contribution in [0.2, 0.25) is 13.3 Å². The zero-order valence-electron chi connectivity index (χ0n) is 20.5. The van der Waals surface area contributed by atoms with Gasteiger partial charge in [0.2, 0.25) is 0 Å². The fraction of sp³-hybridized carbons (Fsp3) is 0.615. The van der Waals surface area contributed by atoms with E-state index < -0.39 is 18.4 Å². The number of fused-ring (bicyclic) bond motifs is 1. The molecule has 0 spiro atoms. The first-order valence-electron chi connectivity index (χ1n) is 12.6. The van der Waals surface area contributed by atoms with Crippen LogP contribution in [0.1, 0.15) is 76.7 Å². The van der Waals surface area contributed by atoms with Crippen molar-refractivity contribution in [1.29, 1.82) is 0 Å². The predicted octanol–water partition coefficient (Wildman–Crippen LogP) is 5.77. The summed E-state index contributed by atoms with van der Waals surface area (Å²) in [6.07, 6.45) is 7.46. The average Bonchev–Trinajstić information content (AvgIpc) is 2.81. The Hall–Kier alpha value is -1.21. The van der Waals surface area contributed by atoms with E-state index in [0.717, 1.165) is 6.54 Å². The number of hydrogen-bond acceptors (Lipinski definition) is 3. The Morgan fingerprint density at radius 2 is 1.56 bits per heavy atom. The maximum atomic E-state index is 15.2. The third kappa shape index (κ3) is 7.41. The van der Waals surface area contributed by atoms with E-state index in [4.69, 9.17) is 0 Å². The average molecular weight is 550 g/mol. The standard InChI is InChI=1S/C14H15FN3O.3C4H9.Sn/c1-2-16-7-8-17-14(19)13-9-11(15)10-5-3-4-6-12(10)18-13;3*1-3-4-2;/h4-6,9,16H,2,7-8H2,1H3,(H,17,19);3*1,3-4H2,2H3;. The van der Waals surface area contributed by atoms with Gasteiger partial charge in [-0.15, -0.1) is 0 Å². The summed E-state index contributed by atoms with van der Waals surface area (Å²) in [5, 5.41) is 6.53. The van der Waals surface area contributed by atoms with Gasteiger partial charge in [0.15, 0.2) is 0 Å². The monoisotopic (exact) mass is 551 g/mol. The van der Waals surface area contributed by atoms with E-state index >= 15 is 4.39 Å². The number of pyridine rings is 1. The Kier molecular flexibility index (Phi) is 11.9. The van der Waals surface area contributed by atoms with Crippen LogP contribution in [0.3, 0.4) is 0 Å². The van der Waals surface area contributed by atoms with Crippen LogP contribution in [-0.4, -0.2) is 48.9 Å². The molecule has 0 saturated carbocycles. The van der Waals surface area contributed by atoms with Crippen molar-refractivity contribution in [3.8, 4) is 0 Å². The predicted molar refractivity (Wildman–Crippen MR) is 137 cm³/mol. The number of nitrogens with one attached hydrogen (secondary N) is 2. The SMILES string of the molecule is CCC[CH2][Sn]([CH2]CCC)([CH2]CCC)[c]1ccc2nc(C(=O)NCCNCC)cc(F)c2c1. The van der Waals surface area contributed by atoms with Crippen LogP contribution >= 0.6 is 0 Å². The number of likely N-dealkylation sites (N-methyl/N-ethyl adjacent to an activating group) is 1. The molecule has 0 unspecified atom stereocenters. The van der Waals surface area contributed by atoms with Crippen molar-refractivity contribution in [3.63, 3.8) is 0 Å². The zero-order chi connectivity index (χ0) is 23.4. The summed E-state index contributed by atoms with van der Waals surface area (Å²) >= 11 is -2.64. The summed E-state index contributed by atoms with van der Waals surface area (Å²) in [5.74, 6) is -0.662. The summed E-state index contributed by atoms with van der Waals surface area (Å²) in [7, 11) is 0. The van der Waals surface area contributed by atoms with E-state index in [-0.39, 0.29) is 17.4 Å². The quantitative estimate of drug-likeness (QED) is 0.219. The molecule has 0 saturated heterocycles. The molecule has 1 aromatic carbocycles. The number of halogens is 1. The van der Waals surface area contributed by atoms with Crippen molar-refractivity contribution in [2.45, 2.75) is 79.5 Å². The molecule has 0 atom stereocenters. The van der Waals surface area contributed by atoms with Gasteiger partial charge in [0.05, 0.1) is 0 Å². The summed E-state index contributed by atoms with van der Waals surface area (Å²) in [6, 6.07) is 7.58. The molecule has 1 amide bonds. The minimum atomic E-state index is -2.64. The number of aromatic nitrogens is 1. The topological polar surface area (TPSA) is 54.0 Å². The Balaban J connectivity index is 2.38. The summed E-state index contributed by atoms with van der Waals surface area (Å²) in [6.45, 7) is 10.9. The molecule has 2 aromatic rings. The van der Waals surface area contributed by atoms with Gasteiger partial charge in [-0.3, -0.25) is 0 Å². The first-order valence-corrected chi connectivity index (χ1v) is 20.1. The van der Waals surface area contributed by atoms with Crippen LogP contribution in [0, 0.1) is 5.82 Å². The molecule has 4 nitrogen and oxygen atoms in total. The van der Waals surface area contributed by atoms with E-state index in [1.54, 1.807) is 0 Å². The van der Waals surface area contributed by atoms with Gasteiger partial charge in [-0.2, -0.15) is 0 Å². The molecule has 0 fully saturated rings. The zero-order valence-corrected chi connectivity index (χ0v) is 23.4. The van der Waals surface area contributed by atoms with Crippen molar-refractivity contribution >= 4 is 38.8 Å². The molecule has 178 valence electrons. The number of carbonyl (C=O) groups is 1. The van der Waals surface area contributed by atoms with Crippen LogP contribution in [0.5, 0.6) is 0 Å². The number of carbonyl (C=O) groups excluding carboxylic acids is 1. The van der Waals surface area contributed by atoms with Crippen molar-refractivity contribution in [3.05, 3.63) is 35.8 Å². The molecule has 2 N–H and O–H groups in total. The number of rotatable bonds is 15. The van der Waals surface area contributed by atoms with Crippen molar-refractivity contribution in [2.75, 3.05) is 19.6 Å². The third-order valence-electron chi connectivity index (χ3n) is 6.47. The second-order valence-corrected chi connectivity index (χ2v) is 22.2. The van der Waals surface area contributed by atoms with Crippen LogP contribution in [-0.2, 0) is 0 Å². The molecule has 32 heavy (non-hydrogen) atoms. The van der Waals surface area contributed by atoms with Crippen molar-refractivity contribution < 1.29 is 9.18 Å². The number of hydrogen-bond donors (Lipinski definition) is 2. The van der Waals surface area contributed by atoms with Crippen LogP contribution in [0.25, 0.3) is 10.9 Å². The Labute approximate surface area is 198 Å². The molecular formula is C26H42FN3OSn. The second kappa shape index (κ2) is 14.1. The molecule has 0 aliphatic heterocycles. The minimum absolute atomic E-state index is 0.150. The normalized spacial score (nSPS) is 11.8. The van der Waals surface area contributed by atoms with Gasteiger partial charge in [-0.05, 0) is 0 Å². The van der Waals surface area contributed by atoms with E-state index in [0.29, 0.717) is 24.0 Å². The Morgan fingerprint density at radius 1 is 0.938 bits per heavy atom. The molecule has 0 bridgehead atoms. The molecule has 1 aromatic heterocycles. The fourth-order valence-electron chi connectivity index (χ4n) is 4.52. The first-order chi connectivity index (χ1) is 15.5. The third-order valence-corrected chi connectivity index (χ3v) is 22.1. The Morgan fingerprint density at radius 3 is 2.12 bits per heavy atom. The van der Waals surface area contributed by atoms with Gasteiger partial charge in [0, 0.05) is 0 Å². The fourth-order valence-corrected chi connectivity index (χ4v) is 20.5. The summed E-state index contributed by atoms with van der Waals surface area (Å²) < 4.78 is 20.6. The van der Waals surface area contributed by atoms with Crippen LogP contribution in [0.15, 0.2) is 24.3 Å². The van der Waals surface area contributed by atoms with Crippen molar-refractivity contribution in [1.82, 2.24) is 15.6 Å². The molecule has 6 heteroatoms.